The summed E-state index contributed by atoms with van der Waals surface area (Å²) in [5.41, 5.74) is -0.542. The van der Waals surface area contributed by atoms with E-state index in [1.54, 1.807) is 0 Å². The molecule has 1 saturated heterocycles. The first kappa shape index (κ1) is 17.0. The number of rotatable bonds is 7. The highest BCUT2D eigenvalue weighted by molar-refractivity contribution is 5.79. The smallest absolute Gasteiger partial charge is 0.313 e. The predicted molar refractivity (Wildman–Crippen MR) is 77.0 cm³/mol. The average molecular weight is 284 g/mol. The molecule has 0 aromatic rings. The summed E-state index contributed by atoms with van der Waals surface area (Å²) in [5.74, 6) is 0.389. The Morgan fingerprint density at radius 1 is 1.40 bits per heavy atom. The molecule has 0 bridgehead atoms. The molecule has 3 atom stereocenters. The molecule has 116 valence electrons. The molecular weight excluding hydrogens is 256 g/mol. The van der Waals surface area contributed by atoms with E-state index in [-0.39, 0.29) is 29.9 Å². The van der Waals surface area contributed by atoms with Gasteiger partial charge in [-0.3, -0.25) is 9.59 Å². The zero-order valence-electron chi connectivity index (χ0n) is 13.6. The summed E-state index contributed by atoms with van der Waals surface area (Å²) in [6.45, 7) is 10.1. The Kier molecular flexibility index (Phi) is 5.60. The molecule has 1 fully saturated rings. The maximum atomic E-state index is 11.8. The highest BCUT2D eigenvalue weighted by Gasteiger charge is 2.48. The van der Waals surface area contributed by atoms with Gasteiger partial charge in [-0.05, 0) is 44.9 Å². The molecule has 0 aliphatic carbocycles. The summed E-state index contributed by atoms with van der Waals surface area (Å²) in [6.07, 6.45) is 2.40. The van der Waals surface area contributed by atoms with E-state index in [4.69, 9.17) is 9.47 Å². The molecule has 1 heterocycles. The van der Waals surface area contributed by atoms with Gasteiger partial charge in [-0.2, -0.15) is 0 Å². The molecule has 0 saturated carbocycles. The lowest BCUT2D eigenvalue weighted by atomic mass is 9.73. The minimum atomic E-state index is -0.542. The normalized spacial score (nSPS) is 24.1. The van der Waals surface area contributed by atoms with Gasteiger partial charge < -0.3 is 9.47 Å². The Bertz CT molecular complexity index is 359. The number of esters is 2. The van der Waals surface area contributed by atoms with Crippen LogP contribution in [0, 0.1) is 23.2 Å². The first-order valence-corrected chi connectivity index (χ1v) is 7.51. The summed E-state index contributed by atoms with van der Waals surface area (Å²) in [5, 5.41) is 0. The third kappa shape index (κ3) is 3.74. The monoisotopic (exact) mass is 284 g/mol. The van der Waals surface area contributed by atoms with Crippen molar-refractivity contribution in [2.45, 2.75) is 60.0 Å². The van der Waals surface area contributed by atoms with Gasteiger partial charge in [0.05, 0.1) is 18.4 Å². The van der Waals surface area contributed by atoms with E-state index in [2.05, 4.69) is 20.8 Å². The molecule has 4 nitrogen and oxygen atoms in total. The van der Waals surface area contributed by atoms with E-state index in [9.17, 15) is 9.59 Å². The van der Waals surface area contributed by atoms with Gasteiger partial charge in [0.15, 0.2) is 0 Å². The highest BCUT2D eigenvalue weighted by atomic mass is 16.6. The molecule has 1 rings (SSSR count). The van der Waals surface area contributed by atoms with E-state index in [1.165, 1.54) is 7.11 Å². The second-order valence-corrected chi connectivity index (χ2v) is 6.89. The van der Waals surface area contributed by atoms with Crippen molar-refractivity contribution in [2.75, 3.05) is 7.11 Å². The summed E-state index contributed by atoms with van der Waals surface area (Å²) in [7, 11) is 1.41. The quantitative estimate of drug-likeness (QED) is 0.674. The lowest BCUT2D eigenvalue weighted by Crippen LogP contribution is -2.51. The Labute approximate surface area is 122 Å². The van der Waals surface area contributed by atoms with Gasteiger partial charge in [0.1, 0.15) is 6.10 Å². The lowest BCUT2D eigenvalue weighted by molar-refractivity contribution is -0.195. The zero-order chi connectivity index (χ0) is 15.5. The van der Waals surface area contributed by atoms with Gasteiger partial charge in [-0.1, -0.05) is 20.8 Å². The average Bonchev–Trinajstić information content (AvgIpc) is 2.38. The largest absolute Gasteiger partial charge is 0.469 e. The Morgan fingerprint density at radius 2 is 2.00 bits per heavy atom. The van der Waals surface area contributed by atoms with Gasteiger partial charge in [0.25, 0.3) is 0 Å². The summed E-state index contributed by atoms with van der Waals surface area (Å²) < 4.78 is 10.2. The fourth-order valence-electron chi connectivity index (χ4n) is 3.04. The van der Waals surface area contributed by atoms with Crippen LogP contribution in [0.25, 0.3) is 0 Å². The van der Waals surface area contributed by atoms with Gasteiger partial charge >= 0.3 is 11.9 Å². The highest BCUT2D eigenvalue weighted by Crippen LogP contribution is 2.40. The number of carbonyl (C=O) groups excluding carboxylic acids is 2. The van der Waals surface area contributed by atoms with Crippen LogP contribution >= 0.6 is 0 Å². The number of carbonyl (C=O) groups is 2. The zero-order valence-corrected chi connectivity index (χ0v) is 13.6. The predicted octanol–water partition coefficient (Wildman–Crippen LogP) is 3.19. The standard InChI is InChI=1S/C16H28O4/c1-7-11(9-16(4,5)15(18)19-6)13-12(8-10(2)3)14(17)20-13/h10-13H,7-9H2,1-6H3/t11-,12+,13?/m1/s1. The molecule has 0 N–H and O–H groups in total. The van der Waals surface area contributed by atoms with Crippen LogP contribution < -0.4 is 0 Å². The van der Waals surface area contributed by atoms with Crippen LogP contribution in [-0.4, -0.2) is 25.2 Å². The second-order valence-electron chi connectivity index (χ2n) is 6.89. The van der Waals surface area contributed by atoms with Crippen molar-refractivity contribution in [3.63, 3.8) is 0 Å². The number of ether oxygens (including phenoxy) is 2. The van der Waals surface area contributed by atoms with Crippen LogP contribution in [0.15, 0.2) is 0 Å². The second kappa shape index (κ2) is 6.59. The van der Waals surface area contributed by atoms with Crippen molar-refractivity contribution in [1.82, 2.24) is 0 Å². The molecule has 1 aliphatic heterocycles. The molecule has 0 aromatic carbocycles. The van der Waals surface area contributed by atoms with Crippen LogP contribution in [-0.2, 0) is 19.1 Å². The molecule has 0 radical (unpaired) electrons. The van der Waals surface area contributed by atoms with E-state index in [1.807, 2.05) is 13.8 Å². The molecule has 1 aliphatic rings. The number of cyclic esters (lactones) is 1. The minimum Gasteiger partial charge on any atom is -0.469 e. The van der Waals surface area contributed by atoms with Gasteiger partial charge in [0.2, 0.25) is 0 Å². The third-order valence-electron chi connectivity index (χ3n) is 4.18. The van der Waals surface area contributed by atoms with E-state index >= 15 is 0 Å². The Morgan fingerprint density at radius 3 is 2.40 bits per heavy atom. The molecule has 0 spiro atoms. The lowest BCUT2D eigenvalue weighted by Gasteiger charge is -2.42. The van der Waals surface area contributed by atoms with Gasteiger partial charge in [0, 0.05) is 0 Å². The number of hydrogen-bond donors (Lipinski definition) is 0. The maximum absolute atomic E-state index is 11.8. The van der Waals surface area contributed by atoms with Crippen LogP contribution in [0.1, 0.15) is 53.9 Å². The van der Waals surface area contributed by atoms with Crippen LogP contribution in [0.5, 0.6) is 0 Å². The maximum Gasteiger partial charge on any atom is 0.313 e. The van der Waals surface area contributed by atoms with Gasteiger partial charge in [-0.15, -0.1) is 0 Å². The number of methoxy groups -OCH3 is 1. The third-order valence-corrected chi connectivity index (χ3v) is 4.18. The SMILES string of the molecule is CC[C@H](CC(C)(C)C(=O)OC)C1OC(=O)[C@H]1CC(C)C. The van der Waals surface area contributed by atoms with Crippen molar-refractivity contribution in [2.24, 2.45) is 23.2 Å². The minimum absolute atomic E-state index is 0.00611. The molecule has 0 amide bonds. The van der Waals surface area contributed by atoms with Crippen molar-refractivity contribution in [3.8, 4) is 0 Å². The first-order valence-electron chi connectivity index (χ1n) is 7.51. The van der Waals surface area contributed by atoms with E-state index < -0.39 is 5.41 Å². The fourth-order valence-corrected chi connectivity index (χ4v) is 3.04. The summed E-state index contributed by atoms with van der Waals surface area (Å²) in [6, 6.07) is 0. The van der Waals surface area contributed by atoms with E-state index in [0.29, 0.717) is 12.3 Å². The first-order chi connectivity index (χ1) is 9.22. The van der Waals surface area contributed by atoms with Crippen molar-refractivity contribution >= 4 is 11.9 Å². The topological polar surface area (TPSA) is 52.6 Å². The molecule has 1 unspecified atom stereocenters. The Hall–Kier alpha value is -1.06. The van der Waals surface area contributed by atoms with Crippen molar-refractivity contribution in [3.05, 3.63) is 0 Å². The fraction of sp³-hybridized carbons (Fsp3) is 0.875. The van der Waals surface area contributed by atoms with Gasteiger partial charge in [-0.25, -0.2) is 0 Å². The Balaban J connectivity index is 2.71. The van der Waals surface area contributed by atoms with Crippen LogP contribution in [0.2, 0.25) is 0 Å². The van der Waals surface area contributed by atoms with Crippen molar-refractivity contribution < 1.29 is 19.1 Å². The summed E-state index contributed by atoms with van der Waals surface area (Å²) in [4.78, 5) is 23.4. The van der Waals surface area contributed by atoms with E-state index in [0.717, 1.165) is 12.8 Å². The van der Waals surface area contributed by atoms with Crippen LogP contribution in [0.3, 0.4) is 0 Å². The molecule has 20 heavy (non-hydrogen) atoms. The van der Waals surface area contributed by atoms with Crippen LogP contribution in [0.4, 0.5) is 0 Å². The van der Waals surface area contributed by atoms with Crippen molar-refractivity contribution in [1.29, 1.82) is 0 Å². The molecule has 0 aromatic heterocycles. The molecular formula is C16H28O4. The summed E-state index contributed by atoms with van der Waals surface area (Å²) >= 11 is 0. The molecule has 4 heteroatoms. The number of hydrogen-bond acceptors (Lipinski definition) is 4.